The molecule has 0 radical (unpaired) electrons. The van der Waals surface area contributed by atoms with Crippen molar-refractivity contribution in [2.45, 2.75) is 44.7 Å². The van der Waals surface area contributed by atoms with E-state index in [1.54, 1.807) is 4.90 Å². The van der Waals surface area contributed by atoms with Crippen LogP contribution in [0.25, 0.3) is 0 Å². The zero-order valence-electron chi connectivity index (χ0n) is 17.1. The molecule has 1 fully saturated rings. The SMILES string of the molecule is CN1CCc2cnc(C(=O)NC3(C)C=CC=C(C(=N)N4CCCC4=N)C3)cc2C1.[HH]. The van der Waals surface area contributed by atoms with Gasteiger partial charge < -0.3 is 15.1 Å². The number of amidine groups is 2. The van der Waals surface area contributed by atoms with Gasteiger partial charge in [0.25, 0.3) is 5.91 Å². The van der Waals surface area contributed by atoms with Crippen LogP contribution in [0.4, 0.5) is 0 Å². The number of pyridine rings is 1. The highest BCUT2D eigenvalue weighted by Gasteiger charge is 2.32. The molecule has 7 heteroatoms. The molecule has 1 saturated heterocycles. The Morgan fingerprint density at radius 2 is 2.14 bits per heavy atom. The number of hydrogen-bond donors (Lipinski definition) is 3. The van der Waals surface area contributed by atoms with Crippen LogP contribution in [0.15, 0.2) is 36.1 Å². The summed E-state index contributed by atoms with van der Waals surface area (Å²) in [5, 5.41) is 19.6. The third kappa shape index (κ3) is 4.00. The van der Waals surface area contributed by atoms with Gasteiger partial charge in [0.2, 0.25) is 0 Å². The molecule has 0 bridgehead atoms. The van der Waals surface area contributed by atoms with Crippen molar-refractivity contribution in [3.63, 3.8) is 0 Å². The number of fused-ring (bicyclic) bond motifs is 1. The Hall–Kier alpha value is -2.80. The van der Waals surface area contributed by atoms with Crippen LogP contribution in [0, 0.1) is 10.8 Å². The van der Waals surface area contributed by atoms with E-state index < -0.39 is 5.54 Å². The highest BCUT2D eigenvalue weighted by atomic mass is 16.2. The standard InChI is InChI=1S/C22H28N6O.H2/c1-22(8-3-5-15(12-22)20(24)28-9-4-6-19(28)23)26-21(29)18-11-17-14-27(2)10-7-16(17)13-25-18;/h3,5,8,11,13,23-24H,4,6-7,9-10,12,14H2,1-2H3,(H,26,29);1H. The molecule has 29 heavy (non-hydrogen) atoms. The van der Waals surface area contributed by atoms with Crippen molar-refractivity contribution in [3.8, 4) is 0 Å². The minimum absolute atomic E-state index is 0. The third-order valence-electron chi connectivity index (χ3n) is 5.93. The quantitative estimate of drug-likeness (QED) is 0.542. The van der Waals surface area contributed by atoms with Crippen molar-refractivity contribution in [2.24, 2.45) is 0 Å². The first-order valence-electron chi connectivity index (χ1n) is 10.2. The summed E-state index contributed by atoms with van der Waals surface area (Å²) in [5.41, 5.74) is 3.06. The molecular formula is C22H30N6O. The maximum Gasteiger partial charge on any atom is 0.270 e. The fourth-order valence-corrected chi connectivity index (χ4v) is 4.26. The lowest BCUT2D eigenvalue weighted by Gasteiger charge is -2.33. The molecule has 4 rings (SSSR count). The first-order chi connectivity index (χ1) is 13.8. The fraction of sp³-hybridized carbons (Fsp3) is 0.455. The number of nitrogens with one attached hydrogen (secondary N) is 3. The highest BCUT2D eigenvalue weighted by molar-refractivity contribution is 6.08. The molecule has 0 spiro atoms. The van der Waals surface area contributed by atoms with Crippen LogP contribution in [0.3, 0.4) is 0 Å². The lowest BCUT2D eigenvalue weighted by atomic mass is 9.87. The molecule has 3 heterocycles. The highest BCUT2D eigenvalue weighted by Crippen LogP contribution is 2.27. The Bertz CT molecular complexity index is 940. The molecule has 1 aromatic rings. The van der Waals surface area contributed by atoms with E-state index in [1.807, 2.05) is 37.4 Å². The van der Waals surface area contributed by atoms with Crippen LogP contribution in [0.5, 0.6) is 0 Å². The van der Waals surface area contributed by atoms with Crippen molar-refractivity contribution in [1.29, 1.82) is 10.8 Å². The molecule has 3 N–H and O–H groups in total. The molecule has 154 valence electrons. The summed E-state index contributed by atoms with van der Waals surface area (Å²) in [5.74, 6) is 0.668. The molecule has 1 aromatic heterocycles. The number of nitrogens with zero attached hydrogens (tertiary/aromatic N) is 3. The number of allylic oxidation sites excluding steroid dienone is 2. The average Bonchev–Trinajstić information content (AvgIpc) is 3.12. The summed E-state index contributed by atoms with van der Waals surface area (Å²) in [6, 6.07) is 1.90. The molecular weight excluding hydrogens is 364 g/mol. The molecule has 1 amide bonds. The normalized spacial score (nSPS) is 24.3. The first kappa shape index (κ1) is 19.5. The molecule has 1 unspecified atom stereocenters. The van der Waals surface area contributed by atoms with Crippen LogP contribution in [0.1, 0.15) is 49.2 Å². The van der Waals surface area contributed by atoms with E-state index >= 15 is 0 Å². The Kier molecular flexibility index (Phi) is 5.08. The van der Waals surface area contributed by atoms with E-state index in [0.717, 1.165) is 50.0 Å². The molecule has 1 atom stereocenters. The number of carbonyl (C=O) groups is 1. The van der Waals surface area contributed by atoms with E-state index in [9.17, 15) is 4.79 Å². The predicted molar refractivity (Wildman–Crippen MR) is 115 cm³/mol. The zero-order chi connectivity index (χ0) is 20.6. The van der Waals surface area contributed by atoms with Gasteiger partial charge in [0.15, 0.2) is 0 Å². The Labute approximate surface area is 173 Å². The minimum Gasteiger partial charge on any atom is -0.342 e. The molecule has 0 aromatic carbocycles. The van der Waals surface area contributed by atoms with E-state index in [2.05, 4.69) is 22.2 Å². The van der Waals surface area contributed by atoms with Crippen molar-refractivity contribution < 1.29 is 6.22 Å². The number of likely N-dealkylation sites (tertiary alicyclic amines) is 1. The Morgan fingerprint density at radius 1 is 1.31 bits per heavy atom. The van der Waals surface area contributed by atoms with Gasteiger partial charge in [0.05, 0.1) is 5.54 Å². The smallest absolute Gasteiger partial charge is 0.270 e. The summed E-state index contributed by atoms with van der Waals surface area (Å²) in [6.07, 6.45) is 10.7. The topological polar surface area (TPSA) is 96.2 Å². The van der Waals surface area contributed by atoms with Crippen LogP contribution in [0.2, 0.25) is 0 Å². The van der Waals surface area contributed by atoms with Gasteiger partial charge in [-0.05, 0) is 49.6 Å². The lowest BCUT2D eigenvalue weighted by Crippen LogP contribution is -2.47. The summed E-state index contributed by atoms with van der Waals surface area (Å²) >= 11 is 0. The van der Waals surface area contributed by atoms with Gasteiger partial charge in [0.1, 0.15) is 17.4 Å². The van der Waals surface area contributed by atoms with Gasteiger partial charge in [-0.1, -0.05) is 18.2 Å². The van der Waals surface area contributed by atoms with E-state index in [1.165, 1.54) is 5.56 Å². The number of hydrogen-bond acceptors (Lipinski definition) is 5. The van der Waals surface area contributed by atoms with Gasteiger partial charge in [-0.25, -0.2) is 0 Å². The molecule has 7 nitrogen and oxygen atoms in total. The number of carbonyl (C=O) groups excluding carboxylic acids is 1. The fourth-order valence-electron chi connectivity index (χ4n) is 4.26. The van der Waals surface area contributed by atoms with Crippen LogP contribution >= 0.6 is 0 Å². The Balaban J connectivity index is 0.00000256. The summed E-state index contributed by atoms with van der Waals surface area (Å²) in [4.78, 5) is 21.3. The van der Waals surface area contributed by atoms with Crippen molar-refractivity contribution in [3.05, 3.63) is 52.9 Å². The van der Waals surface area contributed by atoms with Gasteiger partial charge in [-0.2, -0.15) is 0 Å². The van der Waals surface area contributed by atoms with Crippen molar-refractivity contribution in [2.75, 3.05) is 20.1 Å². The molecule has 2 aliphatic heterocycles. The lowest BCUT2D eigenvalue weighted by molar-refractivity contribution is 0.0916. The largest absolute Gasteiger partial charge is 0.342 e. The second-order valence-electron chi connectivity index (χ2n) is 8.48. The Morgan fingerprint density at radius 3 is 2.90 bits per heavy atom. The van der Waals surface area contributed by atoms with Gasteiger partial charge in [0, 0.05) is 40.1 Å². The van der Waals surface area contributed by atoms with E-state index in [-0.39, 0.29) is 7.33 Å². The van der Waals surface area contributed by atoms with Gasteiger partial charge in [-0.15, -0.1) is 0 Å². The second-order valence-corrected chi connectivity index (χ2v) is 8.48. The third-order valence-corrected chi connectivity index (χ3v) is 5.93. The molecule has 0 saturated carbocycles. The average molecular weight is 395 g/mol. The van der Waals surface area contributed by atoms with Crippen molar-refractivity contribution >= 4 is 17.6 Å². The van der Waals surface area contributed by atoms with Gasteiger partial charge in [-0.3, -0.25) is 20.6 Å². The number of likely N-dealkylation sites (N-methyl/N-ethyl adjacent to an activating group) is 1. The number of amides is 1. The van der Waals surface area contributed by atoms with Crippen molar-refractivity contribution in [1.82, 2.24) is 20.1 Å². The monoisotopic (exact) mass is 394 g/mol. The predicted octanol–water partition coefficient (Wildman–Crippen LogP) is 2.74. The first-order valence-corrected chi connectivity index (χ1v) is 10.2. The maximum atomic E-state index is 12.9. The van der Waals surface area contributed by atoms with Crippen LogP contribution < -0.4 is 5.32 Å². The van der Waals surface area contributed by atoms with Crippen LogP contribution in [-0.2, 0) is 13.0 Å². The summed E-state index contributed by atoms with van der Waals surface area (Å²) in [6.45, 7) is 4.53. The van der Waals surface area contributed by atoms with Gasteiger partial charge >= 0.3 is 0 Å². The molecule has 1 aliphatic carbocycles. The number of aromatic nitrogens is 1. The van der Waals surface area contributed by atoms with Crippen LogP contribution in [-0.4, -0.2) is 58.0 Å². The maximum absolute atomic E-state index is 12.9. The molecule has 3 aliphatic rings. The zero-order valence-corrected chi connectivity index (χ0v) is 17.1. The van der Waals surface area contributed by atoms with E-state index in [4.69, 9.17) is 10.8 Å². The second kappa shape index (κ2) is 7.55. The summed E-state index contributed by atoms with van der Waals surface area (Å²) < 4.78 is 0. The minimum atomic E-state index is -0.593. The van der Waals surface area contributed by atoms with E-state index in [0.29, 0.717) is 23.8 Å². The summed E-state index contributed by atoms with van der Waals surface area (Å²) in [7, 11) is 2.08. The number of rotatable bonds is 3.